The molecule has 0 radical (unpaired) electrons. The fourth-order valence-corrected chi connectivity index (χ4v) is 3.71. The molecular formula is C20H26FN5O2. The molecule has 1 N–H and O–H groups in total. The molecule has 2 fully saturated rings. The molecule has 8 heteroatoms. The number of hydrogen-bond acceptors (Lipinski definition) is 6. The first-order chi connectivity index (χ1) is 13.5. The minimum atomic E-state index is -1.11. The maximum Gasteiger partial charge on any atom is 0.237 e. The number of hydrogen-bond donors (Lipinski definition) is 1. The van der Waals surface area contributed by atoms with Gasteiger partial charge in [0, 0.05) is 29.9 Å². The Balaban J connectivity index is 1.41. The number of pyridine rings is 1. The molecule has 3 rings (SSSR count). The van der Waals surface area contributed by atoms with E-state index in [1.807, 2.05) is 18.2 Å². The summed E-state index contributed by atoms with van der Waals surface area (Å²) in [4.78, 5) is 23.3. The second-order valence-corrected chi connectivity index (χ2v) is 7.76. The first-order valence-electron chi connectivity index (χ1n) is 9.66. The van der Waals surface area contributed by atoms with Crippen LogP contribution in [-0.4, -0.2) is 59.0 Å². The van der Waals surface area contributed by atoms with Gasteiger partial charge in [-0.05, 0) is 38.7 Å². The van der Waals surface area contributed by atoms with E-state index in [4.69, 9.17) is 10.1 Å². The monoisotopic (exact) mass is 387 g/mol. The van der Waals surface area contributed by atoms with Crippen LogP contribution in [0.1, 0.15) is 44.6 Å². The van der Waals surface area contributed by atoms with E-state index in [1.54, 1.807) is 18.6 Å². The molecule has 1 amide bonds. The van der Waals surface area contributed by atoms with Crippen LogP contribution >= 0.6 is 0 Å². The number of carbonyl (C=O) groups excluding carboxylic acids is 1. The topological polar surface area (TPSA) is 90.6 Å². The second kappa shape index (κ2) is 9.11. The Hall–Kier alpha value is -2.53. The number of nitriles is 1. The van der Waals surface area contributed by atoms with Gasteiger partial charge in [0.05, 0.1) is 25.4 Å². The molecule has 2 aliphatic rings. The number of halogens is 1. The van der Waals surface area contributed by atoms with Gasteiger partial charge in [-0.1, -0.05) is 11.2 Å². The predicted octanol–water partition coefficient (Wildman–Crippen LogP) is 2.19. The quantitative estimate of drug-likeness (QED) is 0.597. The summed E-state index contributed by atoms with van der Waals surface area (Å²) in [6.45, 7) is 2.21. The normalized spacial score (nSPS) is 30.3. The Bertz CT molecular complexity index is 728. The standard InChI is InChI=1S/C20H26FN5O2/c1-20(24-13-19(27)26-14-16(21)9-17(26)10-22)6-4-18(5-7-20)28-25-12-15-3-2-8-23-11-15/h2-3,8,11-12,16-18,24H,4-7,9,13-14H2,1H3/t16-,17-,18?,20?/m0/s1. The van der Waals surface area contributed by atoms with Gasteiger partial charge in [-0.15, -0.1) is 0 Å². The van der Waals surface area contributed by atoms with E-state index in [0.29, 0.717) is 0 Å². The zero-order valence-corrected chi connectivity index (χ0v) is 16.1. The Morgan fingerprint density at radius 1 is 1.57 bits per heavy atom. The summed E-state index contributed by atoms with van der Waals surface area (Å²) < 4.78 is 13.5. The lowest BCUT2D eigenvalue weighted by atomic mass is 9.82. The average Bonchev–Trinajstić information content (AvgIpc) is 3.10. The number of oxime groups is 1. The zero-order valence-electron chi connectivity index (χ0n) is 16.1. The fraction of sp³-hybridized carbons (Fsp3) is 0.600. The molecule has 28 heavy (non-hydrogen) atoms. The van der Waals surface area contributed by atoms with Gasteiger partial charge >= 0.3 is 0 Å². The van der Waals surface area contributed by atoms with Crippen molar-refractivity contribution < 1.29 is 14.0 Å². The van der Waals surface area contributed by atoms with Crippen LogP contribution in [0.4, 0.5) is 4.39 Å². The molecule has 0 spiro atoms. The highest BCUT2D eigenvalue weighted by Crippen LogP contribution is 2.30. The van der Waals surface area contributed by atoms with E-state index >= 15 is 0 Å². The van der Waals surface area contributed by atoms with E-state index in [9.17, 15) is 9.18 Å². The van der Waals surface area contributed by atoms with Crippen LogP contribution in [-0.2, 0) is 9.63 Å². The molecule has 2 heterocycles. The van der Waals surface area contributed by atoms with Gasteiger partial charge < -0.3 is 15.1 Å². The van der Waals surface area contributed by atoms with Gasteiger partial charge in [-0.25, -0.2) is 4.39 Å². The number of carbonyl (C=O) groups is 1. The highest BCUT2D eigenvalue weighted by atomic mass is 19.1. The van der Waals surface area contributed by atoms with Crippen LogP contribution in [0.5, 0.6) is 0 Å². The SMILES string of the molecule is CC1(NCC(=O)N2C[C@@H](F)C[C@H]2C#N)CCC(ON=Cc2cccnc2)CC1. The number of amides is 1. The maximum atomic E-state index is 13.5. The van der Waals surface area contributed by atoms with E-state index in [1.165, 1.54) is 4.90 Å². The molecule has 1 aliphatic heterocycles. The number of rotatable bonds is 6. The summed E-state index contributed by atoms with van der Waals surface area (Å²) in [6, 6.07) is 5.11. The van der Waals surface area contributed by atoms with Crippen molar-refractivity contribution in [1.29, 1.82) is 5.26 Å². The largest absolute Gasteiger partial charge is 0.392 e. The van der Waals surface area contributed by atoms with E-state index in [2.05, 4.69) is 22.4 Å². The van der Waals surface area contributed by atoms with Crippen LogP contribution in [0.25, 0.3) is 0 Å². The van der Waals surface area contributed by atoms with Crippen LogP contribution in [0.3, 0.4) is 0 Å². The number of nitrogens with one attached hydrogen (secondary N) is 1. The van der Waals surface area contributed by atoms with Crippen molar-refractivity contribution >= 4 is 12.1 Å². The third kappa shape index (κ3) is 5.26. The van der Waals surface area contributed by atoms with Gasteiger partial charge in [0.15, 0.2) is 0 Å². The van der Waals surface area contributed by atoms with Crippen LogP contribution < -0.4 is 5.32 Å². The van der Waals surface area contributed by atoms with Gasteiger partial charge in [0.2, 0.25) is 5.91 Å². The molecule has 150 valence electrons. The van der Waals surface area contributed by atoms with Crippen LogP contribution in [0.2, 0.25) is 0 Å². The van der Waals surface area contributed by atoms with E-state index < -0.39 is 12.2 Å². The van der Waals surface area contributed by atoms with Crippen molar-refractivity contribution in [3.05, 3.63) is 30.1 Å². The molecule has 0 unspecified atom stereocenters. The smallest absolute Gasteiger partial charge is 0.237 e. The molecule has 0 aromatic carbocycles. The summed E-state index contributed by atoms with van der Waals surface area (Å²) in [5, 5.41) is 16.4. The minimum absolute atomic E-state index is 0.0142. The molecule has 1 saturated heterocycles. The summed E-state index contributed by atoms with van der Waals surface area (Å²) in [5.74, 6) is -0.215. The van der Waals surface area contributed by atoms with Crippen molar-refractivity contribution in [2.24, 2.45) is 5.16 Å². The molecule has 2 atom stereocenters. The first-order valence-corrected chi connectivity index (χ1v) is 9.66. The molecule has 1 aliphatic carbocycles. The molecule has 1 aromatic heterocycles. The molecule has 7 nitrogen and oxygen atoms in total. The van der Waals surface area contributed by atoms with Crippen LogP contribution in [0.15, 0.2) is 29.7 Å². The lowest BCUT2D eigenvalue weighted by Crippen LogP contribution is -2.51. The van der Waals surface area contributed by atoms with Crippen molar-refractivity contribution in [3.8, 4) is 6.07 Å². The molecule has 1 aromatic rings. The third-order valence-corrected chi connectivity index (χ3v) is 5.52. The number of alkyl halides is 1. The zero-order chi connectivity index (χ0) is 20.0. The highest BCUT2D eigenvalue weighted by molar-refractivity contribution is 5.79. The Labute approximate surface area is 164 Å². The van der Waals surface area contributed by atoms with Gasteiger partial charge in [0.1, 0.15) is 18.3 Å². The summed E-state index contributed by atoms with van der Waals surface area (Å²) in [6.07, 6.45) is 7.48. The first kappa shape index (κ1) is 20.2. The fourth-order valence-electron chi connectivity index (χ4n) is 3.71. The van der Waals surface area contributed by atoms with Gasteiger partial charge in [0.25, 0.3) is 0 Å². The van der Waals surface area contributed by atoms with Crippen molar-refractivity contribution in [2.45, 2.75) is 62.9 Å². The van der Waals surface area contributed by atoms with E-state index in [0.717, 1.165) is 31.2 Å². The minimum Gasteiger partial charge on any atom is -0.392 e. The average molecular weight is 387 g/mol. The third-order valence-electron chi connectivity index (χ3n) is 5.52. The molecule has 1 saturated carbocycles. The van der Waals surface area contributed by atoms with Gasteiger partial charge in [-0.3, -0.25) is 9.78 Å². The van der Waals surface area contributed by atoms with Gasteiger partial charge in [-0.2, -0.15) is 5.26 Å². The lowest BCUT2D eigenvalue weighted by molar-refractivity contribution is -0.130. The van der Waals surface area contributed by atoms with E-state index in [-0.39, 0.29) is 37.1 Å². The highest BCUT2D eigenvalue weighted by Gasteiger charge is 2.37. The van der Waals surface area contributed by atoms with Crippen molar-refractivity contribution in [3.63, 3.8) is 0 Å². The van der Waals surface area contributed by atoms with Crippen molar-refractivity contribution in [2.75, 3.05) is 13.1 Å². The number of nitrogens with zero attached hydrogens (tertiary/aromatic N) is 4. The second-order valence-electron chi connectivity index (χ2n) is 7.76. The predicted molar refractivity (Wildman–Crippen MR) is 102 cm³/mol. The summed E-state index contributed by atoms with van der Waals surface area (Å²) in [7, 11) is 0. The molecular weight excluding hydrogens is 361 g/mol. The van der Waals surface area contributed by atoms with Crippen LogP contribution in [0, 0.1) is 11.3 Å². The molecule has 0 bridgehead atoms. The lowest BCUT2D eigenvalue weighted by Gasteiger charge is -2.37. The Morgan fingerprint density at radius 3 is 3.04 bits per heavy atom. The maximum absolute atomic E-state index is 13.5. The Morgan fingerprint density at radius 2 is 2.36 bits per heavy atom. The number of aromatic nitrogens is 1. The van der Waals surface area contributed by atoms with Crippen molar-refractivity contribution in [1.82, 2.24) is 15.2 Å². The summed E-state index contributed by atoms with van der Waals surface area (Å²) >= 11 is 0. The Kier molecular flexibility index (Phi) is 6.57. The number of likely N-dealkylation sites (tertiary alicyclic amines) is 1. The summed E-state index contributed by atoms with van der Waals surface area (Å²) in [5.41, 5.74) is 0.705.